The van der Waals surface area contributed by atoms with Crippen LogP contribution in [-0.4, -0.2) is 35.8 Å². The number of nitrogens with one attached hydrogen (secondary N) is 2. The highest BCUT2D eigenvalue weighted by atomic mass is 19.4. The Balaban J connectivity index is 1.66. The summed E-state index contributed by atoms with van der Waals surface area (Å²) in [6.45, 7) is -0.896. The first-order valence-electron chi connectivity index (χ1n) is 8.69. The smallest absolute Gasteiger partial charge is 0.375 e. The van der Waals surface area contributed by atoms with Crippen LogP contribution in [0.1, 0.15) is 37.7 Å². The summed E-state index contributed by atoms with van der Waals surface area (Å²) in [4.78, 5) is 12.3. The van der Waals surface area contributed by atoms with Crippen molar-refractivity contribution in [1.29, 1.82) is 0 Å². The number of hydrogen-bond acceptors (Lipinski definition) is 3. The predicted octanol–water partition coefficient (Wildman–Crippen LogP) is 2.47. The molecule has 4 nitrogen and oxygen atoms in total. The van der Waals surface area contributed by atoms with Crippen molar-refractivity contribution < 1.29 is 23.1 Å². The van der Waals surface area contributed by atoms with Crippen LogP contribution in [0.2, 0.25) is 0 Å². The van der Waals surface area contributed by atoms with E-state index in [1.165, 1.54) is 24.3 Å². The third-order valence-electron chi connectivity index (χ3n) is 5.42. The maximum Gasteiger partial charge on any atom is 0.423 e. The second-order valence-corrected chi connectivity index (χ2v) is 7.05. The fourth-order valence-electron chi connectivity index (χ4n) is 3.94. The van der Waals surface area contributed by atoms with Crippen LogP contribution in [0.5, 0.6) is 0 Å². The molecule has 138 valence electrons. The molecule has 0 bridgehead atoms. The molecular formula is C18H23F3N2O2. The lowest BCUT2D eigenvalue weighted by Gasteiger charge is -2.31. The van der Waals surface area contributed by atoms with Crippen molar-refractivity contribution in [3.05, 3.63) is 35.9 Å². The molecule has 4 unspecified atom stereocenters. The summed E-state index contributed by atoms with van der Waals surface area (Å²) in [7, 11) is 0. The summed E-state index contributed by atoms with van der Waals surface area (Å²) in [5, 5.41) is 15.8. The number of amides is 1. The van der Waals surface area contributed by atoms with Crippen molar-refractivity contribution in [2.75, 3.05) is 6.54 Å². The van der Waals surface area contributed by atoms with E-state index in [0.29, 0.717) is 12.3 Å². The molecule has 1 amide bonds. The number of rotatable bonds is 4. The largest absolute Gasteiger partial charge is 0.423 e. The molecule has 0 spiro atoms. The van der Waals surface area contributed by atoms with Crippen LogP contribution in [0.3, 0.4) is 0 Å². The van der Waals surface area contributed by atoms with E-state index in [4.69, 9.17) is 0 Å². The van der Waals surface area contributed by atoms with Gasteiger partial charge in [0.15, 0.2) is 0 Å². The van der Waals surface area contributed by atoms with E-state index in [1.54, 1.807) is 6.07 Å². The maximum absolute atomic E-state index is 13.4. The quantitative estimate of drug-likeness (QED) is 0.777. The third-order valence-corrected chi connectivity index (χ3v) is 5.42. The molecule has 2 fully saturated rings. The summed E-state index contributed by atoms with van der Waals surface area (Å²) in [6.07, 6.45) is 0.0667. The van der Waals surface area contributed by atoms with Crippen LogP contribution in [0.15, 0.2) is 30.3 Å². The van der Waals surface area contributed by atoms with Gasteiger partial charge in [-0.25, -0.2) is 0 Å². The molecule has 25 heavy (non-hydrogen) atoms. The first-order chi connectivity index (χ1) is 11.8. The van der Waals surface area contributed by atoms with Crippen molar-refractivity contribution in [2.24, 2.45) is 5.92 Å². The lowest BCUT2D eigenvalue weighted by atomic mass is 9.85. The van der Waals surface area contributed by atoms with E-state index in [-0.39, 0.29) is 11.6 Å². The minimum absolute atomic E-state index is 0.278. The van der Waals surface area contributed by atoms with E-state index in [2.05, 4.69) is 10.6 Å². The molecule has 1 aromatic carbocycles. The average molecular weight is 356 g/mol. The molecule has 0 radical (unpaired) electrons. The minimum atomic E-state index is -4.89. The first kappa shape index (κ1) is 18.2. The average Bonchev–Trinajstić information content (AvgIpc) is 3.03. The van der Waals surface area contributed by atoms with Crippen LogP contribution in [0, 0.1) is 5.92 Å². The molecule has 3 rings (SSSR count). The molecule has 1 heterocycles. The number of halogens is 3. The number of alkyl halides is 3. The molecule has 1 aromatic rings. The molecule has 7 heteroatoms. The fourth-order valence-corrected chi connectivity index (χ4v) is 3.94. The second kappa shape index (κ2) is 6.96. The lowest BCUT2D eigenvalue weighted by molar-refractivity contribution is -0.264. The second-order valence-electron chi connectivity index (χ2n) is 7.05. The Labute approximate surface area is 144 Å². The van der Waals surface area contributed by atoms with Gasteiger partial charge in [0.25, 0.3) is 0 Å². The van der Waals surface area contributed by atoms with E-state index < -0.39 is 30.3 Å². The van der Waals surface area contributed by atoms with Gasteiger partial charge >= 0.3 is 6.18 Å². The number of aliphatic hydroxyl groups is 1. The van der Waals surface area contributed by atoms with Crippen LogP contribution >= 0.6 is 0 Å². The van der Waals surface area contributed by atoms with Crippen LogP contribution < -0.4 is 10.6 Å². The molecule has 4 atom stereocenters. The lowest BCUT2D eigenvalue weighted by Crippen LogP contribution is -2.53. The van der Waals surface area contributed by atoms with Crippen LogP contribution in [0.25, 0.3) is 0 Å². The summed E-state index contributed by atoms with van der Waals surface area (Å²) >= 11 is 0. The molecular weight excluding hydrogens is 333 g/mol. The van der Waals surface area contributed by atoms with Gasteiger partial charge in [0.1, 0.15) is 0 Å². The number of carbonyl (C=O) groups is 1. The summed E-state index contributed by atoms with van der Waals surface area (Å²) in [5.74, 6) is -0.0619. The van der Waals surface area contributed by atoms with Gasteiger partial charge in [0, 0.05) is 6.04 Å². The summed E-state index contributed by atoms with van der Waals surface area (Å²) in [5.41, 5.74) is -3.38. The molecule has 0 aromatic heterocycles. The number of hydrogen-bond donors (Lipinski definition) is 3. The van der Waals surface area contributed by atoms with Crippen molar-refractivity contribution in [1.82, 2.24) is 10.6 Å². The number of carbonyl (C=O) groups excluding carboxylic acids is 1. The SMILES string of the molecule is O=C(NCC(O)(c1ccccc1)C(F)(F)F)C1CC2CCCCC2N1. The standard InChI is InChI=1S/C18H23F3N2O2/c19-18(20,21)17(25,13-7-2-1-3-8-13)11-22-16(24)15-10-12-6-4-5-9-14(12)23-15/h1-3,7-8,12,14-15,23,25H,4-6,9-11H2,(H,22,24). The molecule has 1 aliphatic carbocycles. The van der Waals surface area contributed by atoms with Gasteiger partial charge in [0.05, 0.1) is 12.6 Å². The van der Waals surface area contributed by atoms with Crippen LogP contribution in [0.4, 0.5) is 13.2 Å². The number of fused-ring (bicyclic) bond motifs is 1. The van der Waals surface area contributed by atoms with Gasteiger partial charge in [-0.2, -0.15) is 13.2 Å². The zero-order valence-electron chi connectivity index (χ0n) is 13.9. The third kappa shape index (κ3) is 3.67. The molecule has 1 saturated carbocycles. The Bertz CT molecular complexity index is 594. The summed E-state index contributed by atoms with van der Waals surface area (Å²) < 4.78 is 40.3. The van der Waals surface area contributed by atoms with E-state index in [1.807, 2.05) is 0 Å². The van der Waals surface area contributed by atoms with Gasteiger partial charge in [0.2, 0.25) is 11.5 Å². The van der Waals surface area contributed by atoms with Crippen molar-refractivity contribution in [2.45, 2.75) is 56.0 Å². The monoisotopic (exact) mass is 356 g/mol. The van der Waals surface area contributed by atoms with Crippen molar-refractivity contribution >= 4 is 5.91 Å². The normalized spacial score (nSPS) is 28.9. The Morgan fingerprint density at radius 1 is 1.20 bits per heavy atom. The summed E-state index contributed by atoms with van der Waals surface area (Å²) in [6, 6.07) is 6.64. The van der Waals surface area contributed by atoms with Gasteiger partial charge in [-0.05, 0) is 30.7 Å². The Kier molecular flexibility index (Phi) is 5.06. The zero-order valence-corrected chi connectivity index (χ0v) is 13.9. The maximum atomic E-state index is 13.4. The Morgan fingerprint density at radius 2 is 1.88 bits per heavy atom. The fraction of sp³-hybridized carbons (Fsp3) is 0.611. The van der Waals surface area contributed by atoms with Crippen LogP contribution in [-0.2, 0) is 10.4 Å². The van der Waals surface area contributed by atoms with Crippen molar-refractivity contribution in [3.8, 4) is 0 Å². The minimum Gasteiger partial charge on any atom is -0.375 e. The van der Waals surface area contributed by atoms with Gasteiger partial charge in [-0.1, -0.05) is 43.2 Å². The molecule has 3 N–H and O–H groups in total. The zero-order chi connectivity index (χ0) is 18.1. The highest BCUT2D eigenvalue weighted by molar-refractivity contribution is 5.82. The molecule has 1 aliphatic heterocycles. The number of benzene rings is 1. The van der Waals surface area contributed by atoms with Gasteiger partial charge in [-0.15, -0.1) is 0 Å². The van der Waals surface area contributed by atoms with Gasteiger partial charge in [-0.3, -0.25) is 4.79 Å². The Hall–Kier alpha value is -1.60. The van der Waals surface area contributed by atoms with E-state index in [0.717, 1.165) is 25.7 Å². The first-order valence-corrected chi connectivity index (χ1v) is 8.69. The Morgan fingerprint density at radius 3 is 2.52 bits per heavy atom. The predicted molar refractivity (Wildman–Crippen MR) is 86.7 cm³/mol. The highest BCUT2D eigenvalue weighted by Gasteiger charge is 2.55. The van der Waals surface area contributed by atoms with Crippen molar-refractivity contribution in [3.63, 3.8) is 0 Å². The molecule has 1 saturated heterocycles. The van der Waals surface area contributed by atoms with E-state index in [9.17, 15) is 23.1 Å². The highest BCUT2D eigenvalue weighted by Crippen LogP contribution is 2.38. The topological polar surface area (TPSA) is 61.4 Å². The molecule has 2 aliphatic rings. The van der Waals surface area contributed by atoms with Gasteiger partial charge < -0.3 is 15.7 Å². The van der Waals surface area contributed by atoms with E-state index >= 15 is 0 Å².